The highest BCUT2D eigenvalue weighted by atomic mass is 19.4. The molecule has 0 N–H and O–H groups in total. The molecule has 28 heavy (non-hydrogen) atoms. The lowest BCUT2D eigenvalue weighted by molar-refractivity contribution is -0.137. The van der Waals surface area contributed by atoms with Crippen LogP contribution in [0.25, 0.3) is 0 Å². The maximum absolute atomic E-state index is 12.9. The Morgan fingerprint density at radius 2 is 2.00 bits per heavy atom. The van der Waals surface area contributed by atoms with Crippen molar-refractivity contribution in [1.82, 2.24) is 9.88 Å². The summed E-state index contributed by atoms with van der Waals surface area (Å²) in [5.41, 5.74) is -1.10. The highest BCUT2D eigenvalue weighted by Gasteiger charge is 2.31. The number of oxazole rings is 1. The lowest BCUT2D eigenvalue weighted by atomic mass is 10.1. The van der Waals surface area contributed by atoms with E-state index in [1.165, 1.54) is 31.3 Å². The summed E-state index contributed by atoms with van der Waals surface area (Å²) in [6.07, 6.45) is -3.02. The Labute approximate surface area is 159 Å². The van der Waals surface area contributed by atoms with E-state index in [1.807, 2.05) is 0 Å². The third-order valence-corrected chi connectivity index (χ3v) is 3.77. The molecule has 7 nitrogen and oxygen atoms in total. The predicted molar refractivity (Wildman–Crippen MR) is 90.5 cm³/mol. The first-order valence-electron chi connectivity index (χ1n) is 8.24. The molecule has 1 aromatic heterocycles. The van der Waals surface area contributed by atoms with Crippen molar-refractivity contribution in [2.75, 3.05) is 27.4 Å². The third kappa shape index (κ3) is 5.56. The van der Waals surface area contributed by atoms with Gasteiger partial charge in [-0.25, -0.2) is 9.78 Å². The molecule has 0 radical (unpaired) electrons. The number of amides is 1. The van der Waals surface area contributed by atoms with Crippen molar-refractivity contribution < 1.29 is 36.7 Å². The molecule has 0 aliphatic heterocycles. The van der Waals surface area contributed by atoms with Gasteiger partial charge in [-0.05, 0) is 24.6 Å². The van der Waals surface area contributed by atoms with Crippen molar-refractivity contribution >= 4 is 11.9 Å². The van der Waals surface area contributed by atoms with Crippen LogP contribution in [-0.4, -0.2) is 49.1 Å². The van der Waals surface area contributed by atoms with Gasteiger partial charge in [0.2, 0.25) is 5.89 Å². The van der Waals surface area contributed by atoms with Gasteiger partial charge in [0, 0.05) is 25.8 Å². The van der Waals surface area contributed by atoms with Crippen LogP contribution < -0.4 is 0 Å². The van der Waals surface area contributed by atoms with E-state index in [0.29, 0.717) is 13.0 Å². The summed E-state index contributed by atoms with van der Waals surface area (Å²) in [6.45, 7) is 0.417. The molecule has 0 unspecified atom stereocenters. The molecule has 0 aliphatic carbocycles. The molecule has 0 saturated carbocycles. The normalized spacial score (nSPS) is 11.3. The Hall–Kier alpha value is -2.88. The zero-order chi connectivity index (χ0) is 20.7. The summed E-state index contributed by atoms with van der Waals surface area (Å²) in [4.78, 5) is 29.5. The summed E-state index contributed by atoms with van der Waals surface area (Å²) in [5, 5.41) is 0. The summed E-state index contributed by atoms with van der Waals surface area (Å²) in [5.74, 6) is -1.27. The maximum atomic E-state index is 12.9. The standard InChI is InChI=1S/C18H19F3N2O5/c1-26-8-4-7-23(10-15-22-14(11-28-15)17(25)27-2)16(24)12-5-3-6-13(9-12)18(19,20)21/h3,5-6,9,11H,4,7-8,10H2,1-2H3. The molecule has 0 saturated heterocycles. The molecule has 1 amide bonds. The quantitative estimate of drug-likeness (QED) is 0.500. The van der Waals surface area contributed by atoms with Crippen LogP contribution >= 0.6 is 0 Å². The number of alkyl halides is 3. The van der Waals surface area contributed by atoms with Gasteiger partial charge in [-0.3, -0.25) is 4.79 Å². The number of carbonyl (C=O) groups is 2. The van der Waals surface area contributed by atoms with Crippen LogP contribution in [0.15, 0.2) is 34.9 Å². The average Bonchev–Trinajstić information content (AvgIpc) is 3.14. The largest absolute Gasteiger partial charge is 0.464 e. The fraction of sp³-hybridized carbons (Fsp3) is 0.389. The molecular weight excluding hydrogens is 381 g/mol. The van der Waals surface area contributed by atoms with Gasteiger partial charge in [0.25, 0.3) is 5.91 Å². The number of carbonyl (C=O) groups excluding carboxylic acids is 2. The summed E-state index contributed by atoms with van der Waals surface area (Å²) < 4.78 is 53.4. The first-order chi connectivity index (χ1) is 13.3. The summed E-state index contributed by atoms with van der Waals surface area (Å²) in [7, 11) is 2.68. The molecule has 0 fully saturated rings. The van der Waals surface area contributed by atoms with Gasteiger partial charge in [-0.1, -0.05) is 6.07 Å². The summed E-state index contributed by atoms with van der Waals surface area (Å²) in [6, 6.07) is 4.16. The molecule has 1 aromatic carbocycles. The second-order valence-corrected chi connectivity index (χ2v) is 5.77. The number of ether oxygens (including phenoxy) is 2. The Kier molecular flexibility index (Phi) is 7.16. The van der Waals surface area contributed by atoms with E-state index < -0.39 is 23.6 Å². The molecule has 0 aliphatic rings. The van der Waals surface area contributed by atoms with Gasteiger partial charge in [0.15, 0.2) is 5.69 Å². The van der Waals surface area contributed by atoms with E-state index in [2.05, 4.69) is 9.72 Å². The van der Waals surface area contributed by atoms with Crippen LogP contribution in [0.2, 0.25) is 0 Å². The SMILES string of the molecule is COCCCN(Cc1nc(C(=O)OC)co1)C(=O)c1cccc(C(F)(F)F)c1. The van der Waals surface area contributed by atoms with E-state index in [9.17, 15) is 22.8 Å². The topological polar surface area (TPSA) is 81.9 Å². The number of aromatic nitrogens is 1. The number of esters is 1. The molecule has 10 heteroatoms. The molecule has 0 spiro atoms. The van der Waals surface area contributed by atoms with Crippen LogP contribution in [0.5, 0.6) is 0 Å². The number of hydrogen-bond donors (Lipinski definition) is 0. The highest BCUT2D eigenvalue weighted by Crippen LogP contribution is 2.29. The van der Waals surface area contributed by atoms with E-state index in [-0.39, 0.29) is 30.2 Å². The molecule has 0 bridgehead atoms. The molecule has 2 rings (SSSR count). The van der Waals surface area contributed by atoms with Gasteiger partial charge < -0.3 is 18.8 Å². The van der Waals surface area contributed by atoms with Crippen molar-refractivity contribution in [2.24, 2.45) is 0 Å². The molecular formula is C18H19F3N2O5. The number of rotatable bonds is 8. The number of nitrogens with zero attached hydrogens (tertiary/aromatic N) is 2. The van der Waals surface area contributed by atoms with E-state index >= 15 is 0 Å². The first kappa shape index (κ1) is 21.4. The van der Waals surface area contributed by atoms with Gasteiger partial charge >= 0.3 is 12.1 Å². The number of hydrogen-bond acceptors (Lipinski definition) is 6. The zero-order valence-corrected chi connectivity index (χ0v) is 15.3. The van der Waals surface area contributed by atoms with E-state index in [4.69, 9.17) is 9.15 Å². The van der Waals surface area contributed by atoms with Crippen LogP contribution in [0.3, 0.4) is 0 Å². The number of methoxy groups -OCH3 is 2. The second kappa shape index (κ2) is 9.36. The minimum Gasteiger partial charge on any atom is -0.464 e. The van der Waals surface area contributed by atoms with Crippen molar-refractivity contribution in [1.29, 1.82) is 0 Å². The van der Waals surface area contributed by atoms with Gasteiger partial charge in [0.05, 0.1) is 19.2 Å². The minimum absolute atomic E-state index is 0.0538. The molecule has 152 valence electrons. The van der Waals surface area contributed by atoms with Crippen molar-refractivity contribution in [3.8, 4) is 0 Å². The predicted octanol–water partition coefficient (Wildman–Crippen LogP) is 3.16. The van der Waals surface area contributed by atoms with Crippen molar-refractivity contribution in [2.45, 2.75) is 19.1 Å². The minimum atomic E-state index is -4.56. The van der Waals surface area contributed by atoms with Gasteiger partial charge in [-0.15, -0.1) is 0 Å². The van der Waals surface area contributed by atoms with Gasteiger partial charge in [-0.2, -0.15) is 13.2 Å². The Bertz CT molecular complexity index is 820. The van der Waals surface area contributed by atoms with Crippen molar-refractivity contribution in [3.05, 3.63) is 53.2 Å². The highest BCUT2D eigenvalue weighted by molar-refractivity contribution is 5.94. The molecule has 0 atom stereocenters. The van der Waals surface area contributed by atoms with E-state index in [0.717, 1.165) is 18.4 Å². The van der Waals surface area contributed by atoms with Crippen LogP contribution in [-0.2, 0) is 22.2 Å². The number of benzene rings is 1. The second-order valence-electron chi connectivity index (χ2n) is 5.77. The Morgan fingerprint density at radius 3 is 2.64 bits per heavy atom. The molecule has 1 heterocycles. The van der Waals surface area contributed by atoms with Crippen LogP contribution in [0, 0.1) is 0 Å². The lowest BCUT2D eigenvalue weighted by Gasteiger charge is -2.21. The Morgan fingerprint density at radius 1 is 1.25 bits per heavy atom. The van der Waals surface area contributed by atoms with E-state index in [1.54, 1.807) is 0 Å². The third-order valence-electron chi connectivity index (χ3n) is 3.77. The van der Waals surface area contributed by atoms with Crippen LogP contribution in [0.4, 0.5) is 13.2 Å². The fourth-order valence-corrected chi connectivity index (χ4v) is 2.41. The number of halogens is 3. The molecule has 2 aromatic rings. The first-order valence-corrected chi connectivity index (χ1v) is 8.24. The maximum Gasteiger partial charge on any atom is 0.416 e. The fourth-order valence-electron chi connectivity index (χ4n) is 2.41. The Balaban J connectivity index is 2.23. The summed E-state index contributed by atoms with van der Waals surface area (Å²) >= 11 is 0. The van der Waals surface area contributed by atoms with Crippen LogP contribution in [0.1, 0.15) is 38.7 Å². The van der Waals surface area contributed by atoms with Crippen molar-refractivity contribution in [3.63, 3.8) is 0 Å². The van der Waals surface area contributed by atoms with Gasteiger partial charge in [0.1, 0.15) is 6.26 Å². The lowest BCUT2D eigenvalue weighted by Crippen LogP contribution is -2.32. The zero-order valence-electron chi connectivity index (χ0n) is 15.3. The monoisotopic (exact) mass is 400 g/mol. The smallest absolute Gasteiger partial charge is 0.416 e. The average molecular weight is 400 g/mol.